The smallest absolute Gasteiger partial charge is 0.308 e. The molecule has 19 nitrogen and oxygen atoms in total. The van der Waals surface area contributed by atoms with Crippen LogP contribution >= 0.6 is 0 Å². The Bertz CT molecular complexity index is 2170. The molecule has 0 unspecified atom stereocenters. The molecule has 1 aromatic carbocycles. The van der Waals surface area contributed by atoms with Crippen molar-refractivity contribution in [2.75, 3.05) is 66.1 Å². The fraction of sp³-hybridized carbons (Fsp3) is 0.614. The lowest BCUT2D eigenvalue weighted by molar-refractivity contribution is -0.289. The topological polar surface area (TPSA) is 224 Å². The van der Waals surface area contributed by atoms with E-state index in [1.165, 1.54) is 6.92 Å². The number of hydrogen-bond acceptors (Lipinski definition) is 18. The van der Waals surface area contributed by atoms with Gasteiger partial charge in [-0.25, -0.2) is 0 Å². The average Bonchev–Trinajstić information content (AvgIpc) is 3.83. The first-order chi connectivity index (χ1) is 29.4. The number of nitrogens with zero attached hydrogens (tertiary/aromatic N) is 2. The maximum atomic E-state index is 14.6. The zero-order chi connectivity index (χ0) is 46.6. The van der Waals surface area contributed by atoms with Gasteiger partial charge in [-0.3, -0.25) is 43.8 Å². The highest BCUT2D eigenvalue weighted by Crippen LogP contribution is 2.66. The maximum Gasteiger partial charge on any atom is 0.308 e. The van der Waals surface area contributed by atoms with Crippen molar-refractivity contribution in [3.8, 4) is 5.75 Å². The Kier molecular flexibility index (Phi) is 13.2. The number of imide groups is 1. The Labute approximate surface area is 366 Å². The average molecular weight is 883 g/mol. The molecule has 6 rings (SSSR count). The van der Waals surface area contributed by atoms with Crippen LogP contribution in [0.3, 0.4) is 0 Å². The Hall–Kier alpha value is -5.05. The lowest BCUT2D eigenvalue weighted by atomic mass is 9.55. The van der Waals surface area contributed by atoms with Crippen LogP contribution in [0.2, 0.25) is 0 Å². The number of likely N-dealkylation sites (N-methyl/N-ethyl adjacent to an activating group) is 1. The zero-order valence-corrected chi connectivity index (χ0v) is 38.0. The molecule has 19 heteroatoms. The number of nitrogens with one attached hydrogen (secondary N) is 2. The number of ether oxygens (including phenoxy) is 8. The monoisotopic (exact) mass is 882 g/mol. The van der Waals surface area contributed by atoms with Gasteiger partial charge in [0, 0.05) is 83.4 Å². The Morgan fingerprint density at radius 3 is 1.90 bits per heavy atom. The van der Waals surface area contributed by atoms with Crippen molar-refractivity contribution < 1.29 is 71.5 Å². The second-order valence-corrected chi connectivity index (χ2v) is 17.8. The number of benzene rings is 1. The van der Waals surface area contributed by atoms with Crippen molar-refractivity contribution in [2.24, 2.45) is 11.8 Å². The zero-order valence-electron chi connectivity index (χ0n) is 38.0. The highest BCUT2D eigenvalue weighted by Gasteiger charge is 2.78. The summed E-state index contributed by atoms with van der Waals surface area (Å²) in [6, 6.07) is 0.664. The van der Waals surface area contributed by atoms with Gasteiger partial charge in [0.15, 0.2) is 11.5 Å². The first-order valence-corrected chi connectivity index (χ1v) is 20.8. The normalized spacial score (nSPS) is 24.4. The van der Waals surface area contributed by atoms with Crippen molar-refractivity contribution in [3.63, 3.8) is 0 Å². The molecule has 344 valence electrons. The van der Waals surface area contributed by atoms with E-state index in [1.807, 2.05) is 39.8 Å². The number of carbonyl (C=O) groups is 7. The van der Waals surface area contributed by atoms with E-state index in [1.54, 1.807) is 25.1 Å². The standard InChI is InChI=1S/C44H58N4O15/c1-22(49)46-40(55)35-38(61-24(3)51)36(48(11)12)31-19-27-18-30-32(47(9)10)20-28(17-29(54)21-45-41(6,7)8)37(60-23(2)50)34(30)43(56-13-14-57-43)33(27)39(62-25(4)52)42(31,63-26(5)53)44(35)58-15-16-59-44/h20,27,31,36,45H,13-19,21H2,1-12H3,(H,46,49,55)/t27-,31-,36-,42-/m0/s1. The highest BCUT2D eigenvalue weighted by atomic mass is 16.8. The third-order valence-corrected chi connectivity index (χ3v) is 11.5. The highest BCUT2D eigenvalue weighted by molar-refractivity contribution is 6.06. The van der Waals surface area contributed by atoms with E-state index in [9.17, 15) is 33.6 Å². The molecule has 0 radical (unpaired) electrons. The van der Waals surface area contributed by atoms with E-state index in [4.69, 9.17) is 37.9 Å². The summed E-state index contributed by atoms with van der Waals surface area (Å²) < 4.78 is 51.3. The summed E-state index contributed by atoms with van der Waals surface area (Å²) in [4.78, 5) is 98.1. The van der Waals surface area contributed by atoms with Crippen molar-refractivity contribution in [2.45, 2.75) is 103 Å². The van der Waals surface area contributed by atoms with E-state index in [2.05, 4.69) is 10.6 Å². The molecule has 2 saturated heterocycles. The van der Waals surface area contributed by atoms with Gasteiger partial charge in [0.1, 0.15) is 17.1 Å². The molecule has 2 amide bonds. The predicted molar refractivity (Wildman–Crippen MR) is 220 cm³/mol. The molecule has 63 heavy (non-hydrogen) atoms. The molecule has 0 saturated carbocycles. The van der Waals surface area contributed by atoms with Gasteiger partial charge in [-0.05, 0) is 65.3 Å². The summed E-state index contributed by atoms with van der Waals surface area (Å²) in [5, 5.41) is 5.45. The Morgan fingerprint density at radius 1 is 0.810 bits per heavy atom. The minimum atomic E-state index is -2.55. The van der Waals surface area contributed by atoms with Gasteiger partial charge in [0.2, 0.25) is 17.3 Å². The third-order valence-electron chi connectivity index (χ3n) is 11.5. The maximum absolute atomic E-state index is 14.6. The van der Waals surface area contributed by atoms with Gasteiger partial charge >= 0.3 is 23.9 Å². The Balaban J connectivity index is 1.80. The predicted octanol–water partition coefficient (Wildman–Crippen LogP) is 1.86. The molecule has 2 heterocycles. The van der Waals surface area contributed by atoms with Crippen LogP contribution in [0.5, 0.6) is 5.75 Å². The lowest BCUT2D eigenvalue weighted by Gasteiger charge is -2.60. The summed E-state index contributed by atoms with van der Waals surface area (Å²) in [7, 11) is 6.96. The van der Waals surface area contributed by atoms with Crippen LogP contribution < -0.4 is 20.3 Å². The van der Waals surface area contributed by atoms with Gasteiger partial charge in [0.25, 0.3) is 11.7 Å². The third kappa shape index (κ3) is 8.42. The largest absolute Gasteiger partial charge is 0.444 e. The fourth-order valence-corrected chi connectivity index (χ4v) is 9.80. The van der Waals surface area contributed by atoms with Crippen molar-refractivity contribution in [3.05, 3.63) is 45.4 Å². The summed E-state index contributed by atoms with van der Waals surface area (Å²) in [5.41, 5.74) is -1.39. The molecular weight excluding hydrogens is 824 g/mol. The van der Waals surface area contributed by atoms with E-state index >= 15 is 0 Å². The fourth-order valence-electron chi connectivity index (χ4n) is 9.80. The number of hydrogen-bond donors (Lipinski definition) is 2. The quantitative estimate of drug-likeness (QED) is 0.184. The van der Waals surface area contributed by atoms with Crippen LogP contribution in [-0.4, -0.2) is 131 Å². The van der Waals surface area contributed by atoms with Crippen LogP contribution in [0.25, 0.3) is 0 Å². The van der Waals surface area contributed by atoms with E-state index in [0.29, 0.717) is 16.8 Å². The molecule has 3 aliphatic carbocycles. The van der Waals surface area contributed by atoms with Crippen molar-refractivity contribution >= 4 is 47.2 Å². The van der Waals surface area contributed by atoms with Crippen LogP contribution in [0.1, 0.15) is 78.5 Å². The minimum absolute atomic E-state index is 0.00314. The number of Topliss-reactive ketones (excluding diaryl/α,β-unsaturated/α-hetero) is 1. The SMILES string of the molecule is CC(=O)NC(=O)C1=C(OC(C)=O)[C@@H](N(C)C)[C@@H]2C[C@@H]3Cc4c(N(C)C)cc(CC(=O)CNC(C)(C)C)c(OC(C)=O)c4C4(OCCO4)C3=C(OC(C)=O)[C@]2(OC(C)=O)C12OCCO2. The van der Waals surface area contributed by atoms with Gasteiger partial charge in [-0.15, -0.1) is 0 Å². The second-order valence-electron chi connectivity index (χ2n) is 17.8. The number of esters is 4. The molecule has 4 atom stereocenters. The summed E-state index contributed by atoms with van der Waals surface area (Å²) in [6.07, 6.45) is -0.000967. The number of ketones is 1. The first-order valence-electron chi connectivity index (χ1n) is 20.8. The number of fused-ring (bicyclic) bond motifs is 6. The number of rotatable bonds is 11. The summed E-state index contributed by atoms with van der Waals surface area (Å²) in [6.45, 7) is 11.1. The molecule has 5 aliphatic rings. The van der Waals surface area contributed by atoms with E-state index in [-0.39, 0.29) is 92.0 Å². The van der Waals surface area contributed by atoms with E-state index < -0.39 is 76.3 Å². The van der Waals surface area contributed by atoms with E-state index in [0.717, 1.165) is 27.7 Å². The molecule has 2 fully saturated rings. The first kappa shape index (κ1) is 47.4. The molecule has 0 aromatic heterocycles. The van der Waals surface area contributed by atoms with Gasteiger partial charge in [-0.1, -0.05) is 0 Å². The van der Waals surface area contributed by atoms with Crippen LogP contribution in [0, 0.1) is 11.8 Å². The molecule has 2 N–H and O–H groups in total. The lowest BCUT2D eigenvalue weighted by Crippen LogP contribution is -2.74. The Morgan fingerprint density at radius 2 is 1.40 bits per heavy atom. The van der Waals surface area contributed by atoms with Gasteiger partial charge in [-0.2, -0.15) is 0 Å². The number of anilines is 1. The molecule has 0 bridgehead atoms. The molecular formula is C44H58N4O15. The number of amides is 2. The van der Waals surface area contributed by atoms with Gasteiger partial charge < -0.3 is 48.1 Å². The van der Waals surface area contributed by atoms with Crippen molar-refractivity contribution in [1.82, 2.24) is 15.5 Å². The second kappa shape index (κ2) is 17.5. The molecule has 2 spiro atoms. The van der Waals surface area contributed by atoms with Crippen LogP contribution in [-0.2, 0) is 85.3 Å². The molecule has 1 aromatic rings. The summed E-state index contributed by atoms with van der Waals surface area (Å²) >= 11 is 0. The van der Waals surface area contributed by atoms with Crippen molar-refractivity contribution in [1.29, 1.82) is 0 Å². The van der Waals surface area contributed by atoms with Crippen LogP contribution in [0.4, 0.5) is 5.69 Å². The molecule has 2 aliphatic heterocycles. The van der Waals surface area contributed by atoms with Gasteiger partial charge in [0.05, 0.1) is 44.6 Å². The summed E-state index contributed by atoms with van der Waals surface area (Å²) in [5.74, 6) is -12.5. The van der Waals surface area contributed by atoms with Crippen LogP contribution in [0.15, 0.2) is 28.7 Å². The minimum Gasteiger partial charge on any atom is -0.444 e. The number of carbonyl (C=O) groups excluding carboxylic acids is 7.